The fraction of sp³-hybridized carbons (Fsp3) is 0.519. The molecule has 5 rings (SSSR count). The molecule has 2 aliphatic rings. The summed E-state index contributed by atoms with van der Waals surface area (Å²) in [6, 6.07) is 14.6. The van der Waals surface area contributed by atoms with Crippen LogP contribution in [0.2, 0.25) is 0 Å². The monoisotopic (exact) mass is 449 g/mol. The lowest BCUT2D eigenvalue weighted by Crippen LogP contribution is -2.32. The number of hydrogen-bond acceptors (Lipinski definition) is 5. The molecule has 1 N–H and O–H groups in total. The summed E-state index contributed by atoms with van der Waals surface area (Å²) in [6.07, 6.45) is 7.33. The van der Waals surface area contributed by atoms with E-state index in [1.807, 2.05) is 12.1 Å². The molecule has 6 heteroatoms. The lowest BCUT2D eigenvalue weighted by atomic mass is 9.89. The second kappa shape index (κ2) is 10.6. The standard InChI is InChI=1S/C27H35N3O3/c31-27-28-25-7-4-6-24(26(25)33-27)22-12-17-30(18-13-22)20-21-8-10-23(11-9-21)32-19-5-16-29-14-2-1-3-15-29/h4,6-11,22H,1-3,5,12-20H2,(H,28,31). The molecule has 2 saturated heterocycles. The normalized spacial score (nSPS) is 18.7. The highest BCUT2D eigenvalue weighted by Gasteiger charge is 2.23. The Morgan fingerprint density at radius 3 is 2.52 bits per heavy atom. The van der Waals surface area contributed by atoms with Crippen LogP contribution >= 0.6 is 0 Å². The molecule has 0 atom stereocenters. The van der Waals surface area contributed by atoms with Gasteiger partial charge in [-0.25, -0.2) is 4.79 Å². The molecule has 1 aromatic heterocycles. The number of fused-ring (bicyclic) bond motifs is 1. The van der Waals surface area contributed by atoms with Gasteiger partial charge in [-0.3, -0.25) is 9.88 Å². The maximum Gasteiger partial charge on any atom is 0.417 e. The molecule has 0 unspecified atom stereocenters. The molecule has 2 fully saturated rings. The molecule has 2 aromatic carbocycles. The van der Waals surface area contributed by atoms with Crippen molar-refractivity contribution < 1.29 is 9.15 Å². The molecule has 0 spiro atoms. The third kappa shape index (κ3) is 5.68. The molecule has 2 aliphatic heterocycles. The van der Waals surface area contributed by atoms with Crippen LogP contribution in [-0.4, -0.2) is 54.1 Å². The Kier molecular flexibility index (Phi) is 7.12. The van der Waals surface area contributed by atoms with E-state index in [1.165, 1.54) is 37.9 Å². The highest BCUT2D eigenvalue weighted by Crippen LogP contribution is 2.32. The zero-order chi connectivity index (χ0) is 22.5. The van der Waals surface area contributed by atoms with Crippen LogP contribution in [0.5, 0.6) is 5.75 Å². The summed E-state index contributed by atoms with van der Waals surface area (Å²) in [6.45, 7) is 7.50. The van der Waals surface area contributed by atoms with Gasteiger partial charge in [-0.2, -0.15) is 0 Å². The van der Waals surface area contributed by atoms with Crippen molar-refractivity contribution >= 4 is 11.1 Å². The van der Waals surface area contributed by atoms with Crippen molar-refractivity contribution in [3.05, 3.63) is 64.1 Å². The van der Waals surface area contributed by atoms with Crippen LogP contribution in [0.1, 0.15) is 55.6 Å². The van der Waals surface area contributed by atoms with Crippen LogP contribution in [0, 0.1) is 0 Å². The SMILES string of the molecule is O=c1[nH]c2cccc(C3CCN(Cc4ccc(OCCCN5CCCCC5)cc4)CC3)c2o1. The number of para-hydroxylation sites is 1. The number of hydrogen-bond donors (Lipinski definition) is 1. The Balaban J connectivity index is 1.07. The largest absolute Gasteiger partial charge is 0.494 e. The van der Waals surface area contributed by atoms with E-state index in [0.29, 0.717) is 5.92 Å². The molecular formula is C27H35N3O3. The fourth-order valence-corrected chi connectivity index (χ4v) is 5.33. The van der Waals surface area contributed by atoms with Crippen LogP contribution in [-0.2, 0) is 6.54 Å². The lowest BCUT2D eigenvalue weighted by molar-refractivity contribution is 0.203. The van der Waals surface area contributed by atoms with Gasteiger partial charge in [0.15, 0.2) is 5.58 Å². The Bertz CT molecular complexity index is 1070. The van der Waals surface area contributed by atoms with E-state index in [2.05, 4.69) is 45.1 Å². The summed E-state index contributed by atoms with van der Waals surface area (Å²) < 4.78 is 11.4. The molecule has 6 nitrogen and oxygen atoms in total. The third-order valence-corrected chi connectivity index (χ3v) is 7.17. The van der Waals surface area contributed by atoms with Crippen LogP contribution in [0.15, 0.2) is 51.7 Å². The predicted octanol–water partition coefficient (Wildman–Crippen LogP) is 4.76. The number of ether oxygens (including phenoxy) is 1. The summed E-state index contributed by atoms with van der Waals surface area (Å²) in [7, 11) is 0. The quantitative estimate of drug-likeness (QED) is 0.503. The van der Waals surface area contributed by atoms with Gasteiger partial charge in [-0.1, -0.05) is 30.7 Å². The average Bonchev–Trinajstić information content (AvgIpc) is 3.24. The van der Waals surface area contributed by atoms with E-state index in [-0.39, 0.29) is 5.76 Å². The van der Waals surface area contributed by atoms with E-state index >= 15 is 0 Å². The molecule has 176 valence electrons. The van der Waals surface area contributed by atoms with Crippen LogP contribution in [0.4, 0.5) is 0 Å². The molecular weight excluding hydrogens is 414 g/mol. The van der Waals surface area contributed by atoms with Gasteiger partial charge in [-0.15, -0.1) is 0 Å². The maximum atomic E-state index is 11.6. The van der Waals surface area contributed by atoms with Gasteiger partial charge in [-0.05, 0) is 88.0 Å². The van der Waals surface area contributed by atoms with E-state index in [9.17, 15) is 4.79 Å². The second-order valence-electron chi connectivity index (χ2n) is 9.54. The van der Waals surface area contributed by atoms with Gasteiger partial charge >= 0.3 is 5.76 Å². The van der Waals surface area contributed by atoms with Crippen molar-refractivity contribution in [1.82, 2.24) is 14.8 Å². The zero-order valence-electron chi connectivity index (χ0n) is 19.4. The van der Waals surface area contributed by atoms with Crippen LogP contribution in [0.3, 0.4) is 0 Å². The van der Waals surface area contributed by atoms with Gasteiger partial charge in [0.25, 0.3) is 0 Å². The number of likely N-dealkylation sites (tertiary alicyclic amines) is 2. The smallest absolute Gasteiger partial charge is 0.417 e. The minimum atomic E-state index is -0.371. The molecule has 0 bridgehead atoms. The van der Waals surface area contributed by atoms with E-state index in [0.717, 1.165) is 74.5 Å². The Labute approximate surface area is 195 Å². The Morgan fingerprint density at radius 1 is 0.939 bits per heavy atom. The number of H-pyrrole nitrogens is 1. The van der Waals surface area contributed by atoms with Crippen molar-refractivity contribution in [2.24, 2.45) is 0 Å². The van der Waals surface area contributed by atoms with Crippen LogP contribution < -0.4 is 10.5 Å². The molecule has 3 heterocycles. The number of nitrogens with zero attached hydrogens (tertiary/aromatic N) is 2. The minimum absolute atomic E-state index is 0.371. The van der Waals surface area contributed by atoms with E-state index < -0.39 is 0 Å². The highest BCUT2D eigenvalue weighted by atomic mass is 16.5. The van der Waals surface area contributed by atoms with Crippen molar-refractivity contribution in [1.29, 1.82) is 0 Å². The van der Waals surface area contributed by atoms with E-state index in [4.69, 9.17) is 9.15 Å². The predicted molar refractivity (Wildman–Crippen MR) is 131 cm³/mol. The summed E-state index contributed by atoms with van der Waals surface area (Å²) in [4.78, 5) is 19.4. The van der Waals surface area contributed by atoms with Gasteiger partial charge < -0.3 is 14.1 Å². The van der Waals surface area contributed by atoms with Crippen molar-refractivity contribution in [3.8, 4) is 5.75 Å². The molecule has 33 heavy (non-hydrogen) atoms. The molecule has 0 saturated carbocycles. The highest BCUT2D eigenvalue weighted by molar-refractivity contribution is 5.76. The van der Waals surface area contributed by atoms with Gasteiger partial charge in [0.05, 0.1) is 12.1 Å². The number of aromatic nitrogens is 1. The zero-order valence-corrected chi connectivity index (χ0v) is 19.4. The molecule has 0 radical (unpaired) electrons. The molecule has 3 aromatic rings. The van der Waals surface area contributed by atoms with Crippen molar-refractivity contribution in [2.45, 2.75) is 51.0 Å². The number of oxazole rings is 1. The average molecular weight is 450 g/mol. The van der Waals surface area contributed by atoms with Gasteiger partial charge in [0.1, 0.15) is 5.75 Å². The topological polar surface area (TPSA) is 61.7 Å². The van der Waals surface area contributed by atoms with Crippen LogP contribution in [0.25, 0.3) is 11.1 Å². The first-order chi connectivity index (χ1) is 16.2. The summed E-state index contributed by atoms with van der Waals surface area (Å²) in [5.41, 5.74) is 4.02. The second-order valence-corrected chi connectivity index (χ2v) is 9.54. The van der Waals surface area contributed by atoms with E-state index in [1.54, 1.807) is 0 Å². The number of piperidine rings is 2. The Morgan fingerprint density at radius 2 is 1.73 bits per heavy atom. The maximum absolute atomic E-state index is 11.6. The van der Waals surface area contributed by atoms with Crippen molar-refractivity contribution in [2.75, 3.05) is 39.3 Å². The molecule has 0 amide bonds. The Hall–Kier alpha value is -2.57. The summed E-state index contributed by atoms with van der Waals surface area (Å²) in [5, 5.41) is 0. The molecule has 0 aliphatic carbocycles. The number of nitrogens with one attached hydrogen (secondary N) is 1. The number of rotatable bonds is 8. The fourth-order valence-electron chi connectivity index (χ4n) is 5.33. The number of benzene rings is 2. The first-order valence-corrected chi connectivity index (χ1v) is 12.5. The van der Waals surface area contributed by atoms with Crippen molar-refractivity contribution in [3.63, 3.8) is 0 Å². The van der Waals surface area contributed by atoms with Gasteiger partial charge in [0.2, 0.25) is 0 Å². The third-order valence-electron chi connectivity index (χ3n) is 7.17. The summed E-state index contributed by atoms with van der Waals surface area (Å²) in [5.74, 6) is 1.03. The lowest BCUT2D eigenvalue weighted by Gasteiger charge is -2.32. The first-order valence-electron chi connectivity index (χ1n) is 12.5. The van der Waals surface area contributed by atoms with Gasteiger partial charge in [0, 0.05) is 18.7 Å². The summed E-state index contributed by atoms with van der Waals surface area (Å²) >= 11 is 0. The first kappa shape index (κ1) is 22.2. The minimum Gasteiger partial charge on any atom is -0.494 e. The number of aromatic amines is 1.